The van der Waals surface area contributed by atoms with E-state index in [1.54, 1.807) is 0 Å². The Hall–Kier alpha value is -0.430. The standard InChI is InChI=1S/C12H19BrN2O2S/c1-9-7-10(2)12(11(3)8-9)18(16,17)15-14-6-4-5-13/h7-8,14-15H,4-6H2,1-3H3. The number of rotatable bonds is 6. The number of hydrazine groups is 1. The Balaban J connectivity index is 2.92. The van der Waals surface area contributed by atoms with Crippen molar-refractivity contribution in [1.29, 1.82) is 0 Å². The van der Waals surface area contributed by atoms with Gasteiger partial charge in [-0.2, -0.15) is 0 Å². The Labute approximate surface area is 117 Å². The van der Waals surface area contributed by atoms with Crippen LogP contribution in [0, 0.1) is 20.8 Å². The van der Waals surface area contributed by atoms with Crippen molar-refractivity contribution in [2.45, 2.75) is 32.1 Å². The molecule has 1 aromatic carbocycles. The first kappa shape index (κ1) is 15.6. The minimum absolute atomic E-state index is 0.361. The Bertz CT molecular complexity index is 492. The van der Waals surface area contributed by atoms with Crippen molar-refractivity contribution >= 4 is 26.0 Å². The van der Waals surface area contributed by atoms with Gasteiger partial charge in [-0.1, -0.05) is 33.6 Å². The van der Waals surface area contributed by atoms with E-state index in [1.807, 2.05) is 32.9 Å². The average molecular weight is 335 g/mol. The predicted molar refractivity (Wildman–Crippen MR) is 77.4 cm³/mol. The number of benzene rings is 1. The van der Waals surface area contributed by atoms with Crippen LogP contribution in [0.15, 0.2) is 17.0 Å². The highest BCUT2D eigenvalue weighted by Gasteiger charge is 2.19. The zero-order chi connectivity index (χ0) is 13.8. The lowest BCUT2D eigenvalue weighted by Gasteiger charge is -2.13. The maximum atomic E-state index is 12.2. The van der Waals surface area contributed by atoms with Crippen molar-refractivity contribution in [3.05, 3.63) is 28.8 Å². The zero-order valence-electron chi connectivity index (χ0n) is 10.9. The van der Waals surface area contributed by atoms with Crippen molar-refractivity contribution in [3.63, 3.8) is 0 Å². The van der Waals surface area contributed by atoms with Crippen LogP contribution in [-0.4, -0.2) is 20.3 Å². The van der Waals surface area contributed by atoms with Gasteiger partial charge in [0.15, 0.2) is 0 Å². The topological polar surface area (TPSA) is 58.2 Å². The van der Waals surface area contributed by atoms with Gasteiger partial charge in [0, 0.05) is 11.9 Å². The number of hydrogen-bond acceptors (Lipinski definition) is 3. The van der Waals surface area contributed by atoms with Crippen molar-refractivity contribution < 1.29 is 8.42 Å². The van der Waals surface area contributed by atoms with Gasteiger partial charge < -0.3 is 0 Å². The summed E-state index contributed by atoms with van der Waals surface area (Å²) in [5.41, 5.74) is 5.32. The number of halogens is 1. The molecule has 1 rings (SSSR count). The van der Waals surface area contributed by atoms with E-state index < -0.39 is 10.0 Å². The molecule has 102 valence electrons. The van der Waals surface area contributed by atoms with Gasteiger partial charge in [-0.15, -0.1) is 4.83 Å². The van der Waals surface area contributed by atoms with Crippen molar-refractivity contribution in [2.24, 2.45) is 0 Å². The first-order valence-electron chi connectivity index (χ1n) is 5.77. The van der Waals surface area contributed by atoms with Crippen LogP contribution in [-0.2, 0) is 10.0 Å². The third-order valence-corrected chi connectivity index (χ3v) is 4.67. The summed E-state index contributed by atoms with van der Waals surface area (Å²) < 4.78 is 24.3. The molecule has 0 fully saturated rings. The molecule has 1 aromatic rings. The summed E-state index contributed by atoms with van der Waals surface area (Å²) in [5.74, 6) is 0. The molecular weight excluding hydrogens is 316 g/mol. The van der Waals surface area contributed by atoms with Crippen LogP contribution >= 0.6 is 15.9 Å². The summed E-state index contributed by atoms with van der Waals surface area (Å²) in [5, 5.41) is 0.838. The number of nitrogens with one attached hydrogen (secondary N) is 2. The molecule has 0 atom stereocenters. The fourth-order valence-electron chi connectivity index (χ4n) is 1.94. The SMILES string of the molecule is Cc1cc(C)c(S(=O)(=O)NNCCCBr)c(C)c1. The summed E-state index contributed by atoms with van der Waals surface area (Å²) in [6.45, 7) is 6.17. The van der Waals surface area contributed by atoms with Crippen LogP contribution in [0.3, 0.4) is 0 Å². The predicted octanol–water partition coefficient (Wildman–Crippen LogP) is 2.18. The Morgan fingerprint density at radius 3 is 2.22 bits per heavy atom. The molecule has 0 aliphatic rings. The smallest absolute Gasteiger partial charge is 0.244 e. The van der Waals surface area contributed by atoms with E-state index in [-0.39, 0.29) is 0 Å². The van der Waals surface area contributed by atoms with Gasteiger partial charge >= 0.3 is 0 Å². The lowest BCUT2D eigenvalue weighted by Crippen LogP contribution is -2.38. The molecule has 0 aliphatic heterocycles. The van der Waals surface area contributed by atoms with Gasteiger partial charge in [0.25, 0.3) is 10.0 Å². The largest absolute Gasteiger partial charge is 0.253 e. The van der Waals surface area contributed by atoms with Crippen LogP contribution in [0.1, 0.15) is 23.1 Å². The molecule has 0 spiro atoms. The summed E-state index contributed by atoms with van der Waals surface area (Å²) in [7, 11) is -3.50. The summed E-state index contributed by atoms with van der Waals surface area (Å²) in [6.07, 6.45) is 0.856. The van der Waals surface area contributed by atoms with E-state index in [9.17, 15) is 8.42 Å². The number of alkyl halides is 1. The maximum absolute atomic E-state index is 12.2. The fourth-order valence-corrected chi connectivity index (χ4v) is 3.58. The van der Waals surface area contributed by atoms with Gasteiger partial charge in [-0.05, 0) is 38.3 Å². The number of aryl methyl sites for hydroxylation is 3. The van der Waals surface area contributed by atoms with Gasteiger partial charge in [-0.25, -0.2) is 13.8 Å². The number of hydrogen-bond donors (Lipinski definition) is 2. The molecule has 0 aliphatic carbocycles. The highest BCUT2D eigenvalue weighted by Crippen LogP contribution is 2.20. The summed E-state index contributed by atoms with van der Waals surface area (Å²) in [6, 6.07) is 3.75. The zero-order valence-corrected chi connectivity index (χ0v) is 13.3. The van der Waals surface area contributed by atoms with Crippen LogP contribution in [0.4, 0.5) is 0 Å². The van der Waals surface area contributed by atoms with Gasteiger partial charge in [-0.3, -0.25) is 0 Å². The van der Waals surface area contributed by atoms with E-state index in [4.69, 9.17) is 0 Å². The normalized spacial score (nSPS) is 11.8. The van der Waals surface area contributed by atoms with E-state index in [0.717, 1.165) is 28.4 Å². The molecule has 0 unspecified atom stereocenters. The minimum Gasteiger partial charge on any atom is -0.244 e. The molecule has 0 radical (unpaired) electrons. The molecule has 2 N–H and O–H groups in total. The first-order chi connectivity index (χ1) is 8.38. The Morgan fingerprint density at radius 2 is 1.72 bits per heavy atom. The maximum Gasteiger partial charge on any atom is 0.253 e. The molecule has 0 amide bonds. The lowest BCUT2D eigenvalue weighted by molar-refractivity contribution is 0.553. The van der Waals surface area contributed by atoms with Crippen molar-refractivity contribution in [1.82, 2.24) is 10.3 Å². The second-order valence-corrected chi connectivity index (χ2v) is 6.71. The molecule has 0 saturated heterocycles. The third kappa shape index (κ3) is 4.05. The monoisotopic (exact) mass is 334 g/mol. The molecule has 6 heteroatoms. The van der Waals surface area contributed by atoms with Gasteiger partial charge in [0.05, 0.1) is 4.90 Å². The van der Waals surface area contributed by atoms with E-state index in [2.05, 4.69) is 26.2 Å². The Kier molecular flexibility index (Phi) is 5.78. The highest BCUT2D eigenvalue weighted by molar-refractivity contribution is 9.09. The minimum atomic E-state index is -3.50. The molecule has 4 nitrogen and oxygen atoms in total. The second kappa shape index (κ2) is 6.65. The molecule has 0 bridgehead atoms. The van der Waals surface area contributed by atoms with Crippen molar-refractivity contribution in [3.8, 4) is 0 Å². The van der Waals surface area contributed by atoms with Gasteiger partial charge in [0.2, 0.25) is 0 Å². The van der Waals surface area contributed by atoms with E-state index in [1.165, 1.54) is 0 Å². The van der Waals surface area contributed by atoms with E-state index in [0.29, 0.717) is 11.4 Å². The third-order valence-electron chi connectivity index (χ3n) is 2.52. The molecular formula is C12H19BrN2O2S. The quantitative estimate of drug-likeness (QED) is 0.476. The number of sulfonamides is 1. The summed E-state index contributed by atoms with van der Waals surface area (Å²) >= 11 is 3.29. The molecule has 0 aromatic heterocycles. The van der Waals surface area contributed by atoms with Crippen molar-refractivity contribution in [2.75, 3.05) is 11.9 Å². The average Bonchev–Trinajstić information content (AvgIpc) is 2.22. The van der Waals surface area contributed by atoms with E-state index >= 15 is 0 Å². The fraction of sp³-hybridized carbons (Fsp3) is 0.500. The second-order valence-electron chi connectivity index (χ2n) is 4.30. The molecule has 18 heavy (non-hydrogen) atoms. The summed E-state index contributed by atoms with van der Waals surface area (Å²) in [4.78, 5) is 2.77. The molecule has 0 saturated carbocycles. The molecule has 0 heterocycles. The first-order valence-corrected chi connectivity index (χ1v) is 8.37. The van der Waals surface area contributed by atoms with Crippen LogP contribution < -0.4 is 10.3 Å². The lowest BCUT2D eigenvalue weighted by atomic mass is 10.1. The van der Waals surface area contributed by atoms with Gasteiger partial charge in [0.1, 0.15) is 0 Å². The highest BCUT2D eigenvalue weighted by atomic mass is 79.9. The Morgan fingerprint density at radius 1 is 1.17 bits per heavy atom. The van der Waals surface area contributed by atoms with Crippen LogP contribution in [0.5, 0.6) is 0 Å². The van der Waals surface area contributed by atoms with Crippen LogP contribution in [0.2, 0.25) is 0 Å². The van der Waals surface area contributed by atoms with Crippen LogP contribution in [0.25, 0.3) is 0 Å².